The van der Waals surface area contributed by atoms with Crippen molar-refractivity contribution in [2.75, 3.05) is 0 Å². The van der Waals surface area contributed by atoms with Crippen molar-refractivity contribution >= 4 is 76.2 Å². The molecular formula is C46H29N3. The molecule has 0 saturated carbocycles. The molecule has 3 heterocycles. The molecule has 49 heavy (non-hydrogen) atoms. The standard InChI is InChI=1S/C46H29N3/c1-2-15-32(16-3-1)47-44-26-31-14-5-4-13-30(31)25-38(44)40-28-39-37-21-8-11-24-43(37)49(45(39)29-46(40)47)34-18-12-17-33(27-34)48-41-22-9-6-19-35(41)36-20-7-10-23-42(36)48/h1-29H. The zero-order valence-corrected chi connectivity index (χ0v) is 26.6. The fourth-order valence-corrected chi connectivity index (χ4v) is 8.27. The lowest BCUT2D eigenvalue weighted by molar-refractivity contribution is 1.13. The Kier molecular flexibility index (Phi) is 5.38. The number of aromatic nitrogens is 3. The van der Waals surface area contributed by atoms with Gasteiger partial charge in [0.2, 0.25) is 0 Å². The molecule has 3 heteroatoms. The van der Waals surface area contributed by atoms with E-state index >= 15 is 0 Å². The van der Waals surface area contributed by atoms with Gasteiger partial charge in [0.05, 0.1) is 33.1 Å². The van der Waals surface area contributed by atoms with Crippen molar-refractivity contribution in [3.8, 4) is 17.1 Å². The van der Waals surface area contributed by atoms with Crippen molar-refractivity contribution < 1.29 is 0 Å². The maximum absolute atomic E-state index is 2.45. The van der Waals surface area contributed by atoms with Gasteiger partial charge in [-0.05, 0) is 83.6 Å². The number of para-hydroxylation sites is 4. The first-order chi connectivity index (χ1) is 24.3. The molecule has 0 unspecified atom stereocenters. The van der Waals surface area contributed by atoms with Crippen LogP contribution in [-0.4, -0.2) is 13.7 Å². The largest absolute Gasteiger partial charge is 0.309 e. The number of hydrogen-bond acceptors (Lipinski definition) is 0. The molecule has 3 aromatic heterocycles. The normalized spacial score (nSPS) is 12.1. The molecule has 0 bridgehead atoms. The van der Waals surface area contributed by atoms with Gasteiger partial charge in [0.25, 0.3) is 0 Å². The van der Waals surface area contributed by atoms with E-state index in [-0.39, 0.29) is 0 Å². The molecule has 0 saturated heterocycles. The number of hydrogen-bond donors (Lipinski definition) is 0. The third-order valence-corrected chi connectivity index (χ3v) is 10.4. The quantitative estimate of drug-likeness (QED) is 0.186. The lowest BCUT2D eigenvalue weighted by Crippen LogP contribution is -1.99. The van der Waals surface area contributed by atoms with Crippen LogP contribution >= 0.6 is 0 Å². The molecule has 11 aromatic rings. The zero-order valence-electron chi connectivity index (χ0n) is 26.6. The van der Waals surface area contributed by atoms with Gasteiger partial charge in [-0.2, -0.15) is 0 Å². The highest BCUT2D eigenvalue weighted by Crippen LogP contribution is 2.41. The van der Waals surface area contributed by atoms with Crippen LogP contribution < -0.4 is 0 Å². The predicted molar refractivity (Wildman–Crippen MR) is 207 cm³/mol. The zero-order chi connectivity index (χ0) is 32.1. The molecule has 8 aromatic carbocycles. The monoisotopic (exact) mass is 623 g/mol. The first-order valence-electron chi connectivity index (χ1n) is 16.9. The first-order valence-corrected chi connectivity index (χ1v) is 16.9. The molecule has 3 nitrogen and oxygen atoms in total. The Balaban J connectivity index is 1.24. The Morgan fingerprint density at radius 1 is 0.224 bits per heavy atom. The molecule has 0 aliphatic carbocycles. The molecule has 0 atom stereocenters. The Bertz CT molecular complexity index is 3050. The first kappa shape index (κ1) is 26.5. The van der Waals surface area contributed by atoms with Crippen molar-refractivity contribution in [3.05, 3.63) is 176 Å². The lowest BCUT2D eigenvalue weighted by Gasteiger charge is -2.13. The van der Waals surface area contributed by atoms with E-state index in [9.17, 15) is 0 Å². The van der Waals surface area contributed by atoms with Crippen molar-refractivity contribution in [1.29, 1.82) is 0 Å². The van der Waals surface area contributed by atoms with Crippen LogP contribution in [0.1, 0.15) is 0 Å². The maximum Gasteiger partial charge on any atom is 0.0562 e. The van der Waals surface area contributed by atoms with Gasteiger partial charge in [0, 0.05) is 49.4 Å². The maximum atomic E-state index is 2.45. The van der Waals surface area contributed by atoms with E-state index in [0.717, 1.165) is 17.1 Å². The van der Waals surface area contributed by atoms with Crippen LogP contribution in [0.4, 0.5) is 0 Å². The number of nitrogens with zero attached hydrogens (tertiary/aromatic N) is 3. The van der Waals surface area contributed by atoms with Crippen LogP contribution in [-0.2, 0) is 0 Å². The second-order valence-corrected chi connectivity index (χ2v) is 13.0. The fourth-order valence-electron chi connectivity index (χ4n) is 8.27. The minimum absolute atomic E-state index is 1.14. The highest BCUT2D eigenvalue weighted by Gasteiger charge is 2.20. The summed E-state index contributed by atoms with van der Waals surface area (Å²) in [5, 5.41) is 10.1. The van der Waals surface area contributed by atoms with E-state index in [0.29, 0.717) is 0 Å². The predicted octanol–water partition coefficient (Wildman–Crippen LogP) is 12.1. The number of fused-ring (bicyclic) bond motifs is 10. The summed E-state index contributed by atoms with van der Waals surface area (Å²) in [6.07, 6.45) is 0. The molecule has 0 fully saturated rings. The van der Waals surface area contributed by atoms with Gasteiger partial charge in [-0.25, -0.2) is 0 Å². The summed E-state index contributed by atoms with van der Waals surface area (Å²) in [5.41, 5.74) is 10.7. The van der Waals surface area contributed by atoms with Crippen molar-refractivity contribution in [2.24, 2.45) is 0 Å². The van der Waals surface area contributed by atoms with E-state index < -0.39 is 0 Å². The van der Waals surface area contributed by atoms with Gasteiger partial charge in [-0.1, -0.05) is 103 Å². The number of rotatable bonds is 3. The average Bonchev–Trinajstić information content (AvgIpc) is 3.78. The van der Waals surface area contributed by atoms with E-state index in [1.165, 1.54) is 76.2 Å². The fraction of sp³-hybridized carbons (Fsp3) is 0. The Labute approximate surface area is 282 Å². The molecule has 0 spiro atoms. The Morgan fingerprint density at radius 2 is 0.633 bits per heavy atom. The topological polar surface area (TPSA) is 14.8 Å². The SMILES string of the molecule is c1ccc(-n2c3cc4ccccc4cc3c3cc4c5ccccc5n(-c5cccc(-n6c7ccccc7c7ccccc76)c5)c4cc32)cc1. The second-order valence-electron chi connectivity index (χ2n) is 13.0. The number of benzene rings is 8. The molecule has 0 aliphatic rings. The molecule has 0 amide bonds. The van der Waals surface area contributed by atoms with E-state index in [4.69, 9.17) is 0 Å². The molecule has 0 aliphatic heterocycles. The third kappa shape index (κ3) is 3.73. The summed E-state index contributed by atoms with van der Waals surface area (Å²) in [5.74, 6) is 0. The van der Waals surface area contributed by atoms with Crippen LogP contribution in [0.15, 0.2) is 176 Å². The van der Waals surface area contributed by atoms with Gasteiger partial charge < -0.3 is 13.7 Å². The third-order valence-electron chi connectivity index (χ3n) is 10.4. The summed E-state index contributed by atoms with van der Waals surface area (Å²) >= 11 is 0. The minimum atomic E-state index is 1.14. The summed E-state index contributed by atoms with van der Waals surface area (Å²) in [6.45, 7) is 0. The Hall–Kier alpha value is -6.58. The minimum Gasteiger partial charge on any atom is -0.309 e. The van der Waals surface area contributed by atoms with Crippen LogP contribution in [0.5, 0.6) is 0 Å². The van der Waals surface area contributed by atoms with E-state index in [1.54, 1.807) is 0 Å². The van der Waals surface area contributed by atoms with Crippen LogP contribution in [0.3, 0.4) is 0 Å². The van der Waals surface area contributed by atoms with Crippen molar-refractivity contribution in [1.82, 2.24) is 13.7 Å². The molecule has 0 N–H and O–H groups in total. The molecule has 11 rings (SSSR count). The van der Waals surface area contributed by atoms with Crippen LogP contribution in [0.25, 0.3) is 93.3 Å². The van der Waals surface area contributed by atoms with Gasteiger partial charge in [0.1, 0.15) is 0 Å². The highest BCUT2D eigenvalue weighted by molar-refractivity contribution is 6.21. The summed E-state index contributed by atoms with van der Waals surface area (Å²) in [6, 6.07) is 64.3. The van der Waals surface area contributed by atoms with Gasteiger partial charge in [-0.15, -0.1) is 0 Å². The van der Waals surface area contributed by atoms with Gasteiger partial charge in [-0.3, -0.25) is 0 Å². The molecular weight excluding hydrogens is 595 g/mol. The van der Waals surface area contributed by atoms with Crippen LogP contribution in [0.2, 0.25) is 0 Å². The summed E-state index contributed by atoms with van der Waals surface area (Å²) in [7, 11) is 0. The summed E-state index contributed by atoms with van der Waals surface area (Å²) in [4.78, 5) is 0. The van der Waals surface area contributed by atoms with E-state index in [2.05, 4.69) is 190 Å². The second kappa shape index (κ2) is 9.96. The highest BCUT2D eigenvalue weighted by atomic mass is 15.0. The van der Waals surface area contributed by atoms with Gasteiger partial charge >= 0.3 is 0 Å². The molecule has 0 radical (unpaired) electrons. The van der Waals surface area contributed by atoms with E-state index in [1.807, 2.05) is 0 Å². The lowest BCUT2D eigenvalue weighted by atomic mass is 10.0. The molecule has 228 valence electrons. The van der Waals surface area contributed by atoms with Gasteiger partial charge in [0.15, 0.2) is 0 Å². The Morgan fingerprint density at radius 3 is 1.27 bits per heavy atom. The summed E-state index contributed by atoms with van der Waals surface area (Å²) < 4.78 is 7.29. The van der Waals surface area contributed by atoms with Crippen molar-refractivity contribution in [2.45, 2.75) is 0 Å². The van der Waals surface area contributed by atoms with Crippen molar-refractivity contribution in [3.63, 3.8) is 0 Å². The smallest absolute Gasteiger partial charge is 0.0562 e. The van der Waals surface area contributed by atoms with Crippen LogP contribution in [0, 0.1) is 0 Å². The average molecular weight is 624 g/mol.